The summed E-state index contributed by atoms with van der Waals surface area (Å²) in [5.74, 6) is 0.650. The first-order chi connectivity index (χ1) is 9.43. The van der Waals surface area contributed by atoms with E-state index in [0.717, 1.165) is 17.6 Å². The number of aryl methyl sites for hydroxylation is 1. The first-order valence-electron chi connectivity index (χ1n) is 6.23. The van der Waals surface area contributed by atoms with Gasteiger partial charge in [0, 0.05) is 6.54 Å². The van der Waals surface area contributed by atoms with Crippen LogP contribution in [0.5, 0.6) is 5.75 Å². The summed E-state index contributed by atoms with van der Waals surface area (Å²) in [6, 6.07) is 5.20. The molecule has 0 saturated carbocycles. The van der Waals surface area contributed by atoms with Crippen molar-refractivity contribution in [2.75, 3.05) is 0 Å². The maximum Gasteiger partial charge on any atom is 0.419 e. The predicted octanol–water partition coefficient (Wildman–Crippen LogP) is 3.81. The normalized spacial score (nSPS) is 11.7. The monoisotopic (exact) mass is 284 g/mol. The maximum absolute atomic E-state index is 12.8. The molecule has 2 aromatic rings. The fraction of sp³-hybridized carbons (Fsp3) is 0.357. The predicted molar refractivity (Wildman–Crippen MR) is 68.4 cm³/mol. The van der Waals surface area contributed by atoms with Gasteiger partial charge in [0.25, 0.3) is 0 Å². The number of halogens is 3. The number of alkyl halides is 3. The van der Waals surface area contributed by atoms with Crippen LogP contribution in [-0.2, 0) is 19.3 Å². The minimum atomic E-state index is -4.42. The van der Waals surface area contributed by atoms with Crippen molar-refractivity contribution >= 4 is 0 Å². The third-order valence-corrected chi connectivity index (χ3v) is 3.02. The Morgan fingerprint density at radius 1 is 1.25 bits per heavy atom. The Kier molecular flexibility index (Phi) is 4.01. The van der Waals surface area contributed by atoms with Gasteiger partial charge < -0.3 is 9.30 Å². The second-order valence-corrected chi connectivity index (χ2v) is 4.32. The summed E-state index contributed by atoms with van der Waals surface area (Å²) in [5, 5.41) is 0. The molecule has 1 heterocycles. The van der Waals surface area contributed by atoms with E-state index in [-0.39, 0.29) is 12.4 Å². The van der Waals surface area contributed by atoms with Crippen LogP contribution in [-0.4, -0.2) is 9.55 Å². The standard InChI is InChI=1S/C14H15F3N2O/c1-3-19-10(2)18-8-11(19)9-20-13-7-5-4-6-12(13)14(15,16)17/h4-8H,3,9H2,1-2H3. The summed E-state index contributed by atoms with van der Waals surface area (Å²) in [5.41, 5.74) is -0.0127. The SMILES string of the molecule is CCn1c(COc2ccccc2C(F)(F)F)cnc1C. The third-order valence-electron chi connectivity index (χ3n) is 3.02. The number of para-hydroxylation sites is 1. The highest BCUT2D eigenvalue weighted by Crippen LogP contribution is 2.36. The number of hydrogen-bond acceptors (Lipinski definition) is 2. The zero-order chi connectivity index (χ0) is 14.8. The van der Waals surface area contributed by atoms with Gasteiger partial charge in [-0.25, -0.2) is 4.98 Å². The van der Waals surface area contributed by atoms with Crippen molar-refractivity contribution in [3.8, 4) is 5.75 Å². The number of imidazole rings is 1. The Bertz CT molecular complexity index is 590. The fourth-order valence-corrected chi connectivity index (χ4v) is 2.04. The topological polar surface area (TPSA) is 27.1 Å². The summed E-state index contributed by atoms with van der Waals surface area (Å²) >= 11 is 0. The van der Waals surface area contributed by atoms with Crippen molar-refractivity contribution in [2.45, 2.75) is 33.2 Å². The van der Waals surface area contributed by atoms with E-state index < -0.39 is 11.7 Å². The van der Waals surface area contributed by atoms with Gasteiger partial charge in [0.15, 0.2) is 0 Å². The van der Waals surface area contributed by atoms with Crippen LogP contribution in [0.3, 0.4) is 0 Å². The molecule has 1 aromatic carbocycles. The quantitative estimate of drug-likeness (QED) is 0.853. The van der Waals surface area contributed by atoms with Gasteiger partial charge in [-0.2, -0.15) is 13.2 Å². The Morgan fingerprint density at radius 2 is 1.95 bits per heavy atom. The molecule has 0 aliphatic carbocycles. The average molecular weight is 284 g/mol. The number of nitrogens with zero attached hydrogens (tertiary/aromatic N) is 2. The van der Waals surface area contributed by atoms with Crippen LogP contribution in [0.2, 0.25) is 0 Å². The summed E-state index contributed by atoms with van der Waals surface area (Å²) in [7, 11) is 0. The van der Waals surface area contributed by atoms with E-state index in [0.29, 0.717) is 6.54 Å². The van der Waals surface area contributed by atoms with E-state index in [1.165, 1.54) is 18.2 Å². The van der Waals surface area contributed by atoms with Crippen LogP contribution < -0.4 is 4.74 Å². The van der Waals surface area contributed by atoms with Gasteiger partial charge in [0.05, 0.1) is 17.5 Å². The zero-order valence-corrected chi connectivity index (χ0v) is 11.2. The molecule has 1 aromatic heterocycles. The second-order valence-electron chi connectivity index (χ2n) is 4.32. The van der Waals surface area contributed by atoms with Gasteiger partial charge in [-0.1, -0.05) is 12.1 Å². The minimum Gasteiger partial charge on any atom is -0.487 e. The Balaban J connectivity index is 2.19. The molecule has 0 atom stereocenters. The first-order valence-corrected chi connectivity index (χ1v) is 6.23. The number of aromatic nitrogens is 2. The Labute approximate surface area is 115 Å². The molecule has 0 spiro atoms. The molecule has 0 amide bonds. The third kappa shape index (κ3) is 2.95. The molecule has 0 N–H and O–H groups in total. The Morgan fingerprint density at radius 3 is 2.60 bits per heavy atom. The highest BCUT2D eigenvalue weighted by Gasteiger charge is 2.34. The molecule has 0 aliphatic heterocycles. The van der Waals surface area contributed by atoms with Gasteiger partial charge in [-0.15, -0.1) is 0 Å². The van der Waals surface area contributed by atoms with E-state index in [2.05, 4.69) is 4.98 Å². The largest absolute Gasteiger partial charge is 0.487 e. The van der Waals surface area contributed by atoms with Gasteiger partial charge in [-0.3, -0.25) is 0 Å². The highest BCUT2D eigenvalue weighted by molar-refractivity contribution is 5.35. The lowest BCUT2D eigenvalue weighted by Gasteiger charge is -2.14. The lowest BCUT2D eigenvalue weighted by Crippen LogP contribution is -2.10. The lowest BCUT2D eigenvalue weighted by molar-refractivity contribution is -0.139. The molecule has 0 fully saturated rings. The Hall–Kier alpha value is -1.98. The van der Waals surface area contributed by atoms with Crippen molar-refractivity contribution in [2.24, 2.45) is 0 Å². The van der Waals surface area contributed by atoms with Crippen LogP contribution in [0.1, 0.15) is 24.0 Å². The van der Waals surface area contributed by atoms with E-state index in [1.807, 2.05) is 18.4 Å². The van der Waals surface area contributed by atoms with Crippen LogP contribution in [0.25, 0.3) is 0 Å². The maximum atomic E-state index is 12.8. The van der Waals surface area contributed by atoms with E-state index in [9.17, 15) is 13.2 Å². The van der Waals surface area contributed by atoms with Crippen molar-refractivity contribution in [1.29, 1.82) is 0 Å². The van der Waals surface area contributed by atoms with Crippen LogP contribution in [0.4, 0.5) is 13.2 Å². The molecule has 0 aliphatic rings. The zero-order valence-electron chi connectivity index (χ0n) is 11.2. The van der Waals surface area contributed by atoms with Crippen LogP contribution in [0, 0.1) is 6.92 Å². The summed E-state index contributed by atoms with van der Waals surface area (Å²) in [6.45, 7) is 4.55. The van der Waals surface area contributed by atoms with Gasteiger partial charge >= 0.3 is 6.18 Å². The highest BCUT2D eigenvalue weighted by atomic mass is 19.4. The van der Waals surface area contributed by atoms with Gasteiger partial charge in [0.1, 0.15) is 18.2 Å². The second kappa shape index (κ2) is 5.56. The van der Waals surface area contributed by atoms with Crippen molar-refractivity contribution in [1.82, 2.24) is 9.55 Å². The van der Waals surface area contributed by atoms with Gasteiger partial charge in [0.2, 0.25) is 0 Å². The molecule has 6 heteroatoms. The van der Waals surface area contributed by atoms with E-state index in [4.69, 9.17) is 4.74 Å². The molecule has 3 nitrogen and oxygen atoms in total. The molecule has 108 valence electrons. The fourth-order valence-electron chi connectivity index (χ4n) is 2.04. The first kappa shape index (κ1) is 14.4. The molecular weight excluding hydrogens is 269 g/mol. The molecule has 0 saturated heterocycles. The molecular formula is C14H15F3N2O. The molecule has 20 heavy (non-hydrogen) atoms. The smallest absolute Gasteiger partial charge is 0.419 e. The lowest BCUT2D eigenvalue weighted by atomic mass is 10.2. The summed E-state index contributed by atoms with van der Waals surface area (Å²) in [4.78, 5) is 4.13. The number of rotatable bonds is 4. The minimum absolute atomic E-state index is 0.0573. The van der Waals surface area contributed by atoms with Crippen LogP contribution in [0.15, 0.2) is 30.5 Å². The summed E-state index contributed by atoms with van der Waals surface area (Å²) in [6.07, 6.45) is -2.80. The average Bonchev–Trinajstić information content (AvgIpc) is 2.76. The number of ether oxygens (including phenoxy) is 1. The van der Waals surface area contributed by atoms with Crippen LogP contribution >= 0.6 is 0 Å². The molecule has 0 bridgehead atoms. The summed E-state index contributed by atoms with van der Waals surface area (Å²) < 4.78 is 45.7. The van der Waals surface area contributed by atoms with E-state index >= 15 is 0 Å². The van der Waals surface area contributed by atoms with Crippen molar-refractivity contribution < 1.29 is 17.9 Å². The molecule has 0 unspecified atom stereocenters. The van der Waals surface area contributed by atoms with Crippen molar-refractivity contribution in [3.63, 3.8) is 0 Å². The van der Waals surface area contributed by atoms with E-state index in [1.54, 1.807) is 6.20 Å². The molecule has 2 rings (SSSR count). The van der Waals surface area contributed by atoms with Crippen molar-refractivity contribution in [3.05, 3.63) is 47.5 Å². The van der Waals surface area contributed by atoms with Gasteiger partial charge in [-0.05, 0) is 26.0 Å². The number of benzene rings is 1. The number of hydrogen-bond donors (Lipinski definition) is 0. The molecule has 0 radical (unpaired) electrons.